The van der Waals surface area contributed by atoms with Crippen molar-refractivity contribution < 1.29 is 0 Å². The largest absolute Gasteiger partial charge is 0.328 e. The number of hydrogen-bond donors (Lipinski definition) is 1. The van der Waals surface area contributed by atoms with Gasteiger partial charge in [0.15, 0.2) is 0 Å². The molecule has 17 heavy (non-hydrogen) atoms. The molecule has 1 unspecified atom stereocenters. The summed E-state index contributed by atoms with van der Waals surface area (Å²) >= 11 is 0. The van der Waals surface area contributed by atoms with E-state index in [1.807, 2.05) is 0 Å². The van der Waals surface area contributed by atoms with Gasteiger partial charge in [-0.2, -0.15) is 0 Å². The summed E-state index contributed by atoms with van der Waals surface area (Å²) < 4.78 is 0. The molecular formula is C15H32N2. The Morgan fingerprint density at radius 2 is 1.82 bits per heavy atom. The summed E-state index contributed by atoms with van der Waals surface area (Å²) in [7, 11) is 0. The van der Waals surface area contributed by atoms with E-state index in [0.29, 0.717) is 11.5 Å². The quantitative estimate of drug-likeness (QED) is 0.799. The van der Waals surface area contributed by atoms with Crippen molar-refractivity contribution in [2.45, 2.75) is 65.8 Å². The Kier molecular flexibility index (Phi) is 5.94. The minimum atomic E-state index is 0.370. The number of likely N-dealkylation sites (tertiary alicyclic amines) is 1. The second kappa shape index (κ2) is 6.75. The highest BCUT2D eigenvalue weighted by Gasteiger charge is 2.19. The zero-order chi connectivity index (χ0) is 12.9. The first-order valence-corrected chi connectivity index (χ1v) is 7.38. The Balaban J connectivity index is 2.15. The van der Waals surface area contributed by atoms with Gasteiger partial charge in [0.1, 0.15) is 0 Å². The lowest BCUT2D eigenvalue weighted by molar-refractivity contribution is 0.173. The van der Waals surface area contributed by atoms with Gasteiger partial charge in [-0.25, -0.2) is 0 Å². The zero-order valence-electron chi connectivity index (χ0n) is 12.3. The van der Waals surface area contributed by atoms with E-state index in [2.05, 4.69) is 32.6 Å². The summed E-state index contributed by atoms with van der Waals surface area (Å²) in [5, 5.41) is 0. The summed E-state index contributed by atoms with van der Waals surface area (Å²) in [6.45, 7) is 12.9. The molecular weight excluding hydrogens is 208 g/mol. The monoisotopic (exact) mass is 240 g/mol. The summed E-state index contributed by atoms with van der Waals surface area (Å²) in [5.74, 6) is 0.981. The zero-order valence-corrected chi connectivity index (χ0v) is 12.3. The van der Waals surface area contributed by atoms with E-state index in [1.165, 1.54) is 38.9 Å². The first-order chi connectivity index (χ1) is 7.90. The van der Waals surface area contributed by atoms with E-state index >= 15 is 0 Å². The van der Waals surface area contributed by atoms with Crippen LogP contribution < -0.4 is 5.73 Å². The third kappa shape index (κ3) is 6.42. The summed E-state index contributed by atoms with van der Waals surface area (Å²) in [6, 6.07) is 0.374. The molecule has 0 spiro atoms. The fraction of sp³-hybridized carbons (Fsp3) is 1.00. The highest BCUT2D eigenvalue weighted by atomic mass is 15.1. The SMILES string of the molecule is CCC1CCN(CCC(N)CC(C)(C)C)CC1. The molecule has 1 atom stereocenters. The van der Waals surface area contributed by atoms with Gasteiger partial charge in [-0.3, -0.25) is 0 Å². The normalized spacial score (nSPS) is 21.7. The van der Waals surface area contributed by atoms with Crippen LogP contribution >= 0.6 is 0 Å². The lowest BCUT2D eigenvalue weighted by Gasteiger charge is -2.32. The van der Waals surface area contributed by atoms with E-state index < -0.39 is 0 Å². The predicted octanol–water partition coefficient (Wildman–Crippen LogP) is 3.26. The Morgan fingerprint density at radius 3 is 2.29 bits per heavy atom. The van der Waals surface area contributed by atoms with Crippen LogP contribution in [0.1, 0.15) is 59.8 Å². The topological polar surface area (TPSA) is 29.3 Å². The van der Waals surface area contributed by atoms with E-state index in [4.69, 9.17) is 5.73 Å². The minimum Gasteiger partial charge on any atom is -0.328 e. The maximum atomic E-state index is 6.20. The van der Waals surface area contributed by atoms with Crippen molar-refractivity contribution in [3.8, 4) is 0 Å². The average molecular weight is 240 g/mol. The number of piperidine rings is 1. The Morgan fingerprint density at radius 1 is 1.24 bits per heavy atom. The average Bonchev–Trinajstić information content (AvgIpc) is 2.25. The molecule has 0 aromatic carbocycles. The second-order valence-electron chi connectivity index (χ2n) is 7.01. The molecule has 0 amide bonds. The Labute approximate surface area is 108 Å². The standard InChI is InChI=1S/C15H32N2/c1-5-13-6-9-17(10-7-13)11-8-14(16)12-15(2,3)4/h13-14H,5-12,16H2,1-4H3. The fourth-order valence-electron chi connectivity index (χ4n) is 2.86. The van der Waals surface area contributed by atoms with Crippen LogP contribution in [0.4, 0.5) is 0 Å². The van der Waals surface area contributed by atoms with E-state index in [1.54, 1.807) is 0 Å². The third-order valence-corrected chi connectivity index (χ3v) is 3.98. The van der Waals surface area contributed by atoms with Crippen LogP contribution in [-0.4, -0.2) is 30.6 Å². The molecule has 0 aromatic rings. The Bertz CT molecular complexity index is 199. The van der Waals surface area contributed by atoms with Gasteiger partial charge in [-0.1, -0.05) is 34.1 Å². The molecule has 2 nitrogen and oxygen atoms in total. The molecule has 1 aliphatic heterocycles. The van der Waals surface area contributed by atoms with Crippen LogP contribution in [0, 0.1) is 11.3 Å². The molecule has 102 valence electrons. The smallest absolute Gasteiger partial charge is 0.00559 e. The second-order valence-corrected chi connectivity index (χ2v) is 7.01. The van der Waals surface area contributed by atoms with Crippen molar-refractivity contribution in [1.29, 1.82) is 0 Å². The molecule has 0 aliphatic carbocycles. The predicted molar refractivity (Wildman–Crippen MR) is 76.1 cm³/mol. The van der Waals surface area contributed by atoms with Gasteiger partial charge in [0, 0.05) is 6.04 Å². The summed E-state index contributed by atoms with van der Waals surface area (Å²) in [6.07, 6.45) is 6.44. The molecule has 1 rings (SSSR count). The van der Waals surface area contributed by atoms with Crippen molar-refractivity contribution >= 4 is 0 Å². The van der Waals surface area contributed by atoms with Gasteiger partial charge in [-0.15, -0.1) is 0 Å². The first kappa shape index (κ1) is 15.0. The molecule has 1 heterocycles. The minimum absolute atomic E-state index is 0.370. The van der Waals surface area contributed by atoms with Crippen molar-refractivity contribution in [3.63, 3.8) is 0 Å². The lowest BCUT2D eigenvalue weighted by Crippen LogP contribution is -2.37. The van der Waals surface area contributed by atoms with Gasteiger partial charge in [0.2, 0.25) is 0 Å². The molecule has 1 saturated heterocycles. The van der Waals surface area contributed by atoms with Crippen LogP contribution in [-0.2, 0) is 0 Å². The van der Waals surface area contributed by atoms with Gasteiger partial charge < -0.3 is 10.6 Å². The van der Waals surface area contributed by atoms with Gasteiger partial charge in [-0.05, 0) is 56.7 Å². The van der Waals surface area contributed by atoms with Crippen LogP contribution in [0.2, 0.25) is 0 Å². The van der Waals surface area contributed by atoms with Crippen LogP contribution in [0.3, 0.4) is 0 Å². The third-order valence-electron chi connectivity index (χ3n) is 3.98. The number of hydrogen-bond acceptors (Lipinski definition) is 2. The van der Waals surface area contributed by atoms with Crippen LogP contribution in [0.5, 0.6) is 0 Å². The molecule has 1 fully saturated rings. The molecule has 0 saturated carbocycles. The summed E-state index contributed by atoms with van der Waals surface area (Å²) in [4.78, 5) is 2.61. The number of nitrogens with zero attached hydrogens (tertiary/aromatic N) is 1. The Hall–Kier alpha value is -0.0800. The maximum Gasteiger partial charge on any atom is 0.00559 e. The van der Waals surface area contributed by atoms with Gasteiger partial charge in [0.05, 0.1) is 0 Å². The van der Waals surface area contributed by atoms with Crippen molar-refractivity contribution in [2.75, 3.05) is 19.6 Å². The van der Waals surface area contributed by atoms with Crippen molar-refractivity contribution in [1.82, 2.24) is 4.90 Å². The molecule has 2 N–H and O–H groups in total. The molecule has 0 radical (unpaired) electrons. The van der Waals surface area contributed by atoms with E-state index in [-0.39, 0.29) is 0 Å². The van der Waals surface area contributed by atoms with E-state index in [0.717, 1.165) is 18.8 Å². The highest BCUT2D eigenvalue weighted by Crippen LogP contribution is 2.23. The lowest BCUT2D eigenvalue weighted by atomic mass is 9.87. The molecule has 2 heteroatoms. The van der Waals surface area contributed by atoms with Crippen LogP contribution in [0.25, 0.3) is 0 Å². The molecule has 0 bridgehead atoms. The number of nitrogens with two attached hydrogens (primary N) is 1. The van der Waals surface area contributed by atoms with Crippen LogP contribution in [0.15, 0.2) is 0 Å². The van der Waals surface area contributed by atoms with Crippen molar-refractivity contribution in [3.05, 3.63) is 0 Å². The van der Waals surface area contributed by atoms with E-state index in [9.17, 15) is 0 Å². The van der Waals surface area contributed by atoms with Crippen molar-refractivity contribution in [2.24, 2.45) is 17.1 Å². The maximum absolute atomic E-state index is 6.20. The fourth-order valence-corrected chi connectivity index (χ4v) is 2.86. The number of rotatable bonds is 5. The first-order valence-electron chi connectivity index (χ1n) is 7.38. The molecule has 0 aromatic heterocycles. The highest BCUT2D eigenvalue weighted by molar-refractivity contribution is 4.75. The van der Waals surface area contributed by atoms with Gasteiger partial charge in [0.25, 0.3) is 0 Å². The summed E-state index contributed by atoms with van der Waals surface area (Å²) in [5.41, 5.74) is 6.57. The van der Waals surface area contributed by atoms with Gasteiger partial charge >= 0.3 is 0 Å². The molecule has 1 aliphatic rings.